The Labute approximate surface area is 184 Å². The Balaban J connectivity index is 1.84. The molecule has 3 rings (SSSR count). The van der Waals surface area contributed by atoms with Crippen LogP contribution in [0.15, 0.2) is 48.5 Å². The number of methoxy groups -OCH3 is 2. The van der Waals surface area contributed by atoms with Crippen LogP contribution < -0.4 is 14.8 Å². The fourth-order valence-corrected chi connectivity index (χ4v) is 3.71. The molecule has 0 saturated carbocycles. The molecule has 0 aliphatic carbocycles. The van der Waals surface area contributed by atoms with Gasteiger partial charge in [-0.15, -0.1) is 0 Å². The van der Waals surface area contributed by atoms with Crippen LogP contribution in [0, 0.1) is 0 Å². The average molecular weight is 421 g/mol. The number of hydrogen-bond donors (Lipinski definition) is 1. The summed E-state index contributed by atoms with van der Waals surface area (Å²) in [6.45, 7) is 2.90. The van der Waals surface area contributed by atoms with Gasteiger partial charge in [-0.2, -0.15) is 0 Å². The summed E-state index contributed by atoms with van der Waals surface area (Å²) < 4.78 is 10.9. The fourth-order valence-electron chi connectivity index (χ4n) is 3.71. The van der Waals surface area contributed by atoms with E-state index in [4.69, 9.17) is 14.5 Å². The molecule has 5 heteroatoms. The van der Waals surface area contributed by atoms with Gasteiger partial charge in [0.05, 0.1) is 31.0 Å². The lowest BCUT2D eigenvalue weighted by atomic mass is 10.0. The van der Waals surface area contributed by atoms with Gasteiger partial charge in [0.1, 0.15) is 11.5 Å². The third-order valence-corrected chi connectivity index (χ3v) is 5.46. The Kier molecular flexibility index (Phi) is 8.27. The van der Waals surface area contributed by atoms with Crippen LogP contribution in [0.25, 0.3) is 22.2 Å². The van der Waals surface area contributed by atoms with Gasteiger partial charge in [-0.1, -0.05) is 57.2 Å². The summed E-state index contributed by atoms with van der Waals surface area (Å²) in [5.74, 6) is 1.29. The summed E-state index contributed by atoms with van der Waals surface area (Å²) in [5.41, 5.74) is 2.92. The highest BCUT2D eigenvalue weighted by atomic mass is 16.5. The molecule has 1 heterocycles. The molecule has 0 bridgehead atoms. The highest BCUT2D eigenvalue weighted by molar-refractivity contribution is 6.07. The van der Waals surface area contributed by atoms with Gasteiger partial charge in [0.15, 0.2) is 0 Å². The number of ether oxygens (including phenoxy) is 2. The van der Waals surface area contributed by atoms with Crippen molar-refractivity contribution < 1.29 is 14.3 Å². The number of carbonyl (C=O) groups is 1. The molecule has 0 spiro atoms. The van der Waals surface area contributed by atoms with Crippen LogP contribution in [-0.2, 0) is 0 Å². The summed E-state index contributed by atoms with van der Waals surface area (Å²) in [7, 11) is 3.24. The highest BCUT2D eigenvalue weighted by Crippen LogP contribution is 2.34. The molecule has 0 aliphatic heterocycles. The van der Waals surface area contributed by atoms with E-state index in [-0.39, 0.29) is 5.91 Å². The molecule has 1 aromatic heterocycles. The normalized spacial score (nSPS) is 10.8. The van der Waals surface area contributed by atoms with Crippen molar-refractivity contribution in [3.63, 3.8) is 0 Å². The third-order valence-electron chi connectivity index (χ3n) is 5.46. The molecule has 0 unspecified atom stereocenters. The predicted octanol–water partition coefficient (Wildman–Crippen LogP) is 6.01. The van der Waals surface area contributed by atoms with Crippen LogP contribution in [0.4, 0.5) is 0 Å². The molecule has 164 valence electrons. The zero-order valence-electron chi connectivity index (χ0n) is 18.7. The van der Waals surface area contributed by atoms with Gasteiger partial charge in [-0.25, -0.2) is 4.98 Å². The van der Waals surface area contributed by atoms with Crippen molar-refractivity contribution in [2.24, 2.45) is 0 Å². The van der Waals surface area contributed by atoms with Gasteiger partial charge < -0.3 is 14.8 Å². The van der Waals surface area contributed by atoms with Gasteiger partial charge in [0.2, 0.25) is 0 Å². The van der Waals surface area contributed by atoms with E-state index in [2.05, 4.69) is 12.2 Å². The van der Waals surface area contributed by atoms with E-state index in [9.17, 15) is 4.79 Å². The minimum Gasteiger partial charge on any atom is -0.497 e. The molecule has 0 radical (unpaired) electrons. The van der Waals surface area contributed by atoms with E-state index >= 15 is 0 Å². The number of fused-ring (bicyclic) bond motifs is 1. The molecular formula is C26H32N2O3. The number of nitrogens with zero attached hydrogens (tertiary/aromatic N) is 1. The first kappa shape index (κ1) is 22.6. The molecule has 1 amide bonds. The quantitative estimate of drug-likeness (QED) is 0.386. The topological polar surface area (TPSA) is 60.5 Å². The monoisotopic (exact) mass is 420 g/mol. The molecule has 0 saturated heterocycles. The van der Waals surface area contributed by atoms with Crippen LogP contribution in [-0.4, -0.2) is 31.7 Å². The van der Waals surface area contributed by atoms with Crippen molar-refractivity contribution in [1.82, 2.24) is 10.3 Å². The largest absolute Gasteiger partial charge is 0.497 e. The Morgan fingerprint density at radius 1 is 0.935 bits per heavy atom. The van der Waals surface area contributed by atoms with Gasteiger partial charge in [-0.05, 0) is 30.7 Å². The number of pyridine rings is 1. The molecule has 5 nitrogen and oxygen atoms in total. The number of benzene rings is 2. The molecule has 3 aromatic rings. The molecule has 1 N–H and O–H groups in total. The van der Waals surface area contributed by atoms with Crippen molar-refractivity contribution in [3.05, 3.63) is 54.1 Å². The lowest BCUT2D eigenvalue weighted by molar-refractivity contribution is 0.0954. The summed E-state index contributed by atoms with van der Waals surface area (Å²) in [5, 5.41) is 3.94. The summed E-state index contributed by atoms with van der Waals surface area (Å²) in [4.78, 5) is 17.8. The second-order valence-corrected chi connectivity index (χ2v) is 7.66. The summed E-state index contributed by atoms with van der Waals surface area (Å²) >= 11 is 0. The number of nitrogens with one attached hydrogen (secondary N) is 1. The van der Waals surface area contributed by atoms with Crippen molar-refractivity contribution >= 4 is 16.8 Å². The molecule has 2 aromatic carbocycles. The van der Waals surface area contributed by atoms with Crippen LogP contribution >= 0.6 is 0 Å². The maximum atomic E-state index is 13.0. The minimum absolute atomic E-state index is 0.0686. The van der Waals surface area contributed by atoms with E-state index < -0.39 is 0 Å². The molecule has 31 heavy (non-hydrogen) atoms. The number of aromatic nitrogens is 1. The number of para-hydroxylation sites is 1. The predicted molar refractivity (Wildman–Crippen MR) is 126 cm³/mol. The number of unbranched alkanes of at least 4 members (excludes halogenated alkanes) is 5. The number of carbonyl (C=O) groups excluding carboxylic acids is 1. The lowest BCUT2D eigenvalue weighted by Crippen LogP contribution is -2.24. The van der Waals surface area contributed by atoms with Crippen molar-refractivity contribution in [1.29, 1.82) is 0 Å². The molecule has 0 atom stereocenters. The fraction of sp³-hybridized carbons (Fsp3) is 0.385. The average Bonchev–Trinajstić information content (AvgIpc) is 2.82. The first-order valence-electron chi connectivity index (χ1n) is 11.1. The summed E-state index contributed by atoms with van der Waals surface area (Å²) in [6, 6.07) is 15.2. The zero-order valence-corrected chi connectivity index (χ0v) is 18.7. The van der Waals surface area contributed by atoms with E-state index in [1.165, 1.54) is 25.7 Å². The van der Waals surface area contributed by atoms with E-state index in [0.717, 1.165) is 29.3 Å². The Bertz CT molecular complexity index is 1020. The van der Waals surface area contributed by atoms with Crippen molar-refractivity contribution in [3.8, 4) is 22.8 Å². The van der Waals surface area contributed by atoms with Crippen LogP contribution in [0.5, 0.6) is 11.5 Å². The number of hydrogen-bond acceptors (Lipinski definition) is 4. The Morgan fingerprint density at radius 2 is 1.71 bits per heavy atom. The van der Waals surface area contributed by atoms with E-state index in [0.29, 0.717) is 29.3 Å². The number of amides is 1. The van der Waals surface area contributed by atoms with Crippen molar-refractivity contribution in [2.45, 2.75) is 45.4 Å². The summed E-state index contributed by atoms with van der Waals surface area (Å²) in [6.07, 6.45) is 7.17. The maximum Gasteiger partial charge on any atom is 0.252 e. The Morgan fingerprint density at radius 3 is 2.48 bits per heavy atom. The van der Waals surface area contributed by atoms with Gasteiger partial charge >= 0.3 is 0 Å². The van der Waals surface area contributed by atoms with Crippen LogP contribution in [0.3, 0.4) is 0 Å². The SMILES string of the molecule is CCCCCCCCNC(=O)c1cc(-c2ccc(OC)cc2OC)nc2ccccc12. The highest BCUT2D eigenvalue weighted by Gasteiger charge is 2.16. The first-order chi connectivity index (χ1) is 15.2. The van der Waals surface area contributed by atoms with Gasteiger partial charge in [0.25, 0.3) is 5.91 Å². The molecular weight excluding hydrogens is 388 g/mol. The van der Waals surface area contributed by atoms with E-state index in [1.54, 1.807) is 14.2 Å². The maximum absolute atomic E-state index is 13.0. The standard InChI is InChI=1S/C26H32N2O3/c1-4-5-6-7-8-11-16-27-26(29)22-18-24(28-23-13-10-9-12-20(22)23)21-15-14-19(30-2)17-25(21)31-3/h9-10,12-15,17-18H,4-8,11,16H2,1-3H3,(H,27,29). The Hall–Kier alpha value is -3.08. The number of rotatable bonds is 11. The molecule has 0 aliphatic rings. The van der Waals surface area contributed by atoms with E-state index in [1.807, 2.05) is 48.5 Å². The van der Waals surface area contributed by atoms with Crippen molar-refractivity contribution in [2.75, 3.05) is 20.8 Å². The zero-order chi connectivity index (χ0) is 22.1. The second-order valence-electron chi connectivity index (χ2n) is 7.66. The second kappa shape index (κ2) is 11.3. The van der Waals surface area contributed by atoms with Gasteiger partial charge in [0, 0.05) is 23.6 Å². The third kappa shape index (κ3) is 5.75. The first-order valence-corrected chi connectivity index (χ1v) is 11.1. The van der Waals surface area contributed by atoms with Crippen LogP contribution in [0.1, 0.15) is 55.8 Å². The minimum atomic E-state index is -0.0686. The van der Waals surface area contributed by atoms with Gasteiger partial charge in [-0.3, -0.25) is 4.79 Å². The van der Waals surface area contributed by atoms with Crippen LogP contribution in [0.2, 0.25) is 0 Å². The lowest BCUT2D eigenvalue weighted by Gasteiger charge is -2.13. The molecule has 0 fully saturated rings. The smallest absolute Gasteiger partial charge is 0.252 e.